The Morgan fingerprint density at radius 1 is 1.14 bits per heavy atom. The maximum atomic E-state index is 12.9. The molecule has 1 aromatic heterocycles. The molecule has 29 heavy (non-hydrogen) atoms. The van der Waals surface area contributed by atoms with Crippen LogP contribution in [-0.4, -0.2) is 51.7 Å². The van der Waals surface area contributed by atoms with E-state index in [1.165, 1.54) is 6.92 Å². The molecule has 0 saturated carbocycles. The third kappa shape index (κ3) is 5.05. The van der Waals surface area contributed by atoms with Gasteiger partial charge in [-0.05, 0) is 37.6 Å². The van der Waals surface area contributed by atoms with Gasteiger partial charge in [0.2, 0.25) is 5.91 Å². The Bertz CT molecular complexity index is 892. The molecule has 3 rings (SSSR count). The molecule has 0 spiro atoms. The zero-order chi connectivity index (χ0) is 21.3. The smallest absolute Gasteiger partial charge is 0.338 e. The average molecular weight is 449 g/mol. The summed E-state index contributed by atoms with van der Waals surface area (Å²) in [6.45, 7) is 6.08. The highest BCUT2D eigenvalue weighted by Crippen LogP contribution is 2.29. The Morgan fingerprint density at radius 3 is 2.34 bits per heavy atom. The van der Waals surface area contributed by atoms with Gasteiger partial charge in [-0.1, -0.05) is 29.3 Å². The minimum atomic E-state index is -4.53. The molecule has 158 valence electrons. The lowest BCUT2D eigenvalue weighted by molar-refractivity contribution is -0.143. The number of amides is 1. The van der Waals surface area contributed by atoms with Crippen LogP contribution in [0, 0.1) is 6.92 Å². The Hall–Kier alpha value is -1.77. The van der Waals surface area contributed by atoms with Crippen molar-refractivity contribution in [2.24, 2.45) is 0 Å². The molecule has 1 saturated heterocycles. The molecular weight excluding hydrogens is 428 g/mol. The third-order valence-electron chi connectivity index (χ3n) is 5.01. The molecule has 2 aromatic rings. The molecule has 2 heterocycles. The van der Waals surface area contributed by atoms with E-state index in [1.54, 1.807) is 17.9 Å². The van der Waals surface area contributed by atoms with Crippen LogP contribution in [0.4, 0.5) is 13.2 Å². The van der Waals surface area contributed by atoms with Gasteiger partial charge in [0, 0.05) is 38.4 Å². The summed E-state index contributed by atoms with van der Waals surface area (Å²) in [5.41, 5.74) is 0.344. The predicted octanol–water partition coefficient (Wildman–Crippen LogP) is 4.42. The van der Waals surface area contributed by atoms with E-state index in [0.717, 1.165) is 16.3 Å². The van der Waals surface area contributed by atoms with Crippen molar-refractivity contribution in [3.8, 4) is 0 Å². The number of aromatic nitrogens is 2. The molecule has 5 nitrogen and oxygen atoms in total. The molecule has 1 fully saturated rings. The molecular formula is C19H21Cl2F3N4O. The fourth-order valence-corrected chi connectivity index (χ4v) is 3.73. The summed E-state index contributed by atoms with van der Waals surface area (Å²) in [6.07, 6.45) is -4.53. The number of hydrogen-bond acceptors (Lipinski definition) is 3. The first kappa shape index (κ1) is 21.9. The minimum Gasteiger partial charge on any atom is -0.338 e. The van der Waals surface area contributed by atoms with E-state index in [9.17, 15) is 18.0 Å². The summed E-state index contributed by atoms with van der Waals surface area (Å²) >= 11 is 12.0. The molecule has 0 aliphatic carbocycles. The molecule has 1 aliphatic heterocycles. The Labute approximate surface area is 177 Å². The molecule has 1 atom stereocenters. The summed E-state index contributed by atoms with van der Waals surface area (Å²) in [5, 5.41) is 4.60. The van der Waals surface area contributed by atoms with Crippen LogP contribution in [0.25, 0.3) is 0 Å². The number of carbonyl (C=O) groups excluding carboxylic acids is 1. The normalized spacial score (nSPS) is 16.9. The number of piperazine rings is 1. The molecule has 1 unspecified atom stereocenters. The van der Waals surface area contributed by atoms with Gasteiger partial charge >= 0.3 is 6.18 Å². The summed E-state index contributed by atoms with van der Waals surface area (Å²) in [7, 11) is 0. The lowest BCUT2D eigenvalue weighted by Crippen LogP contribution is -2.50. The maximum Gasteiger partial charge on any atom is 0.435 e. The molecule has 0 N–H and O–H groups in total. The van der Waals surface area contributed by atoms with Crippen molar-refractivity contribution < 1.29 is 18.0 Å². The number of alkyl halides is 3. The molecule has 1 aliphatic rings. The molecule has 0 bridgehead atoms. The van der Waals surface area contributed by atoms with Crippen molar-refractivity contribution in [1.82, 2.24) is 19.6 Å². The van der Waals surface area contributed by atoms with Crippen LogP contribution in [-0.2, 0) is 17.5 Å². The molecule has 1 amide bonds. The second-order valence-electron chi connectivity index (χ2n) is 7.14. The van der Waals surface area contributed by atoms with Gasteiger partial charge in [-0.25, -0.2) is 0 Å². The Balaban J connectivity index is 1.59. The van der Waals surface area contributed by atoms with Crippen molar-refractivity contribution in [2.45, 2.75) is 32.6 Å². The van der Waals surface area contributed by atoms with Crippen molar-refractivity contribution in [1.29, 1.82) is 0 Å². The standard InChI is InChI=1S/C19H21Cl2F3N4O/c1-12-9-17(19(22,23)24)25-28(12)13(2)18(29)27-7-5-26(6-8-27)11-14-3-4-15(20)16(21)10-14/h3-4,9-10,13H,5-8,11H2,1-2H3. The molecule has 1 aromatic carbocycles. The topological polar surface area (TPSA) is 41.4 Å². The first-order valence-electron chi connectivity index (χ1n) is 9.14. The summed E-state index contributed by atoms with van der Waals surface area (Å²) in [5.74, 6) is -0.237. The minimum absolute atomic E-state index is 0.237. The van der Waals surface area contributed by atoms with Gasteiger partial charge in [0.25, 0.3) is 0 Å². The predicted molar refractivity (Wildman–Crippen MR) is 105 cm³/mol. The van der Waals surface area contributed by atoms with Gasteiger partial charge in [-0.15, -0.1) is 0 Å². The van der Waals surface area contributed by atoms with Crippen LogP contribution in [0.15, 0.2) is 24.3 Å². The van der Waals surface area contributed by atoms with E-state index in [-0.39, 0.29) is 5.91 Å². The second kappa shape index (κ2) is 8.53. The van der Waals surface area contributed by atoms with Crippen molar-refractivity contribution in [2.75, 3.05) is 26.2 Å². The monoisotopic (exact) mass is 448 g/mol. The van der Waals surface area contributed by atoms with E-state index < -0.39 is 17.9 Å². The van der Waals surface area contributed by atoms with Gasteiger partial charge in [-0.3, -0.25) is 14.4 Å². The highest BCUT2D eigenvalue weighted by molar-refractivity contribution is 6.42. The first-order valence-corrected chi connectivity index (χ1v) is 9.90. The van der Waals surface area contributed by atoms with Gasteiger partial charge in [0.1, 0.15) is 6.04 Å². The summed E-state index contributed by atoms with van der Waals surface area (Å²) in [6, 6.07) is 5.64. The lowest BCUT2D eigenvalue weighted by Gasteiger charge is -2.36. The van der Waals surface area contributed by atoms with Crippen molar-refractivity contribution in [3.63, 3.8) is 0 Å². The zero-order valence-electron chi connectivity index (χ0n) is 16.0. The van der Waals surface area contributed by atoms with Crippen molar-refractivity contribution >= 4 is 29.1 Å². The van der Waals surface area contributed by atoms with E-state index in [4.69, 9.17) is 23.2 Å². The zero-order valence-corrected chi connectivity index (χ0v) is 17.5. The number of nitrogens with zero attached hydrogens (tertiary/aromatic N) is 4. The average Bonchev–Trinajstić information content (AvgIpc) is 3.06. The molecule has 0 radical (unpaired) electrons. The number of hydrogen-bond donors (Lipinski definition) is 0. The lowest BCUT2D eigenvalue weighted by atomic mass is 10.2. The van der Waals surface area contributed by atoms with Crippen LogP contribution < -0.4 is 0 Å². The number of aryl methyl sites for hydroxylation is 1. The van der Waals surface area contributed by atoms with Crippen LogP contribution >= 0.6 is 23.2 Å². The highest BCUT2D eigenvalue weighted by Gasteiger charge is 2.36. The van der Waals surface area contributed by atoms with E-state index in [2.05, 4.69) is 10.00 Å². The maximum absolute atomic E-state index is 12.9. The van der Waals surface area contributed by atoms with Gasteiger partial charge in [0.15, 0.2) is 5.69 Å². The fraction of sp³-hybridized carbons (Fsp3) is 0.474. The van der Waals surface area contributed by atoms with Crippen LogP contribution in [0.1, 0.15) is 29.9 Å². The third-order valence-corrected chi connectivity index (χ3v) is 5.75. The Kier molecular flexibility index (Phi) is 6.45. The Morgan fingerprint density at radius 2 is 1.79 bits per heavy atom. The highest BCUT2D eigenvalue weighted by atomic mass is 35.5. The van der Waals surface area contributed by atoms with E-state index in [1.807, 2.05) is 12.1 Å². The van der Waals surface area contributed by atoms with Crippen molar-refractivity contribution in [3.05, 3.63) is 51.3 Å². The van der Waals surface area contributed by atoms with Crippen LogP contribution in [0.5, 0.6) is 0 Å². The quantitative estimate of drug-likeness (QED) is 0.694. The van der Waals surface area contributed by atoms with Crippen LogP contribution in [0.2, 0.25) is 10.0 Å². The summed E-state index contributed by atoms with van der Waals surface area (Å²) < 4.78 is 39.8. The second-order valence-corrected chi connectivity index (χ2v) is 7.95. The number of benzene rings is 1. The number of carbonyl (C=O) groups is 1. The largest absolute Gasteiger partial charge is 0.435 e. The van der Waals surface area contributed by atoms with E-state index in [0.29, 0.717) is 48.5 Å². The number of halogens is 5. The van der Waals surface area contributed by atoms with Gasteiger partial charge in [0.05, 0.1) is 10.0 Å². The number of rotatable bonds is 4. The first-order chi connectivity index (χ1) is 13.6. The molecule has 10 heteroatoms. The van der Waals surface area contributed by atoms with Gasteiger partial charge in [-0.2, -0.15) is 18.3 Å². The van der Waals surface area contributed by atoms with E-state index >= 15 is 0 Å². The SMILES string of the molecule is Cc1cc(C(F)(F)F)nn1C(C)C(=O)N1CCN(Cc2ccc(Cl)c(Cl)c2)CC1. The van der Waals surface area contributed by atoms with Gasteiger partial charge < -0.3 is 4.90 Å². The van der Waals surface area contributed by atoms with Crippen LogP contribution in [0.3, 0.4) is 0 Å². The fourth-order valence-electron chi connectivity index (χ4n) is 3.41. The summed E-state index contributed by atoms with van der Waals surface area (Å²) in [4.78, 5) is 16.7.